The molecular formula is C27H28O3. The monoisotopic (exact) mass is 400 g/mol. The summed E-state index contributed by atoms with van der Waals surface area (Å²) in [6, 6.07) is 24.5. The molecule has 1 atom stereocenters. The van der Waals surface area contributed by atoms with Crippen molar-refractivity contribution in [2.75, 3.05) is 6.79 Å². The number of allylic oxidation sites excluding steroid dienone is 1. The lowest BCUT2D eigenvalue weighted by Gasteiger charge is -2.30. The highest BCUT2D eigenvalue weighted by molar-refractivity contribution is 5.47. The molecule has 0 amide bonds. The molecule has 1 aliphatic rings. The Hall–Kier alpha value is -3.20. The molecule has 3 heteroatoms. The molecule has 0 saturated carbocycles. The van der Waals surface area contributed by atoms with Crippen LogP contribution in [0.15, 0.2) is 85.5 Å². The van der Waals surface area contributed by atoms with E-state index in [2.05, 4.69) is 49.9 Å². The highest BCUT2D eigenvalue weighted by atomic mass is 16.7. The summed E-state index contributed by atoms with van der Waals surface area (Å²) in [5.41, 5.74) is 2.45. The highest BCUT2D eigenvalue weighted by Crippen LogP contribution is 2.41. The number of para-hydroxylation sites is 1. The first kappa shape index (κ1) is 20.1. The molecule has 3 aromatic carbocycles. The van der Waals surface area contributed by atoms with Gasteiger partial charge in [0.2, 0.25) is 6.79 Å². The molecule has 0 saturated heterocycles. The van der Waals surface area contributed by atoms with Crippen LogP contribution in [0.2, 0.25) is 0 Å². The van der Waals surface area contributed by atoms with Gasteiger partial charge in [-0.2, -0.15) is 0 Å². The van der Waals surface area contributed by atoms with Crippen LogP contribution in [-0.2, 0) is 11.8 Å². The van der Waals surface area contributed by atoms with Crippen LogP contribution in [0.4, 0.5) is 0 Å². The average Bonchev–Trinajstić information content (AvgIpc) is 3.26. The Kier molecular flexibility index (Phi) is 6.08. The highest BCUT2D eigenvalue weighted by Gasteiger charge is 2.28. The van der Waals surface area contributed by atoms with Gasteiger partial charge >= 0.3 is 0 Å². The van der Waals surface area contributed by atoms with Crippen molar-refractivity contribution in [1.82, 2.24) is 0 Å². The van der Waals surface area contributed by atoms with Crippen molar-refractivity contribution in [3.8, 4) is 23.0 Å². The van der Waals surface area contributed by atoms with Crippen LogP contribution in [0, 0.1) is 0 Å². The van der Waals surface area contributed by atoms with Crippen molar-refractivity contribution >= 4 is 0 Å². The van der Waals surface area contributed by atoms with Gasteiger partial charge in [-0.15, -0.1) is 6.58 Å². The SMILES string of the molecule is C=CC(CC)(CCCc1cccc(Oc2ccccc2)c1)c1ccc2c(c1)OCO2. The molecule has 4 rings (SSSR count). The molecule has 0 N–H and O–H groups in total. The third kappa shape index (κ3) is 4.35. The molecule has 1 unspecified atom stereocenters. The second-order valence-electron chi connectivity index (χ2n) is 7.70. The predicted molar refractivity (Wildman–Crippen MR) is 121 cm³/mol. The van der Waals surface area contributed by atoms with Gasteiger partial charge in [-0.05, 0) is 73.2 Å². The summed E-state index contributed by atoms with van der Waals surface area (Å²) < 4.78 is 17.0. The smallest absolute Gasteiger partial charge is 0.231 e. The molecule has 30 heavy (non-hydrogen) atoms. The lowest BCUT2D eigenvalue weighted by molar-refractivity contribution is 0.174. The third-order valence-corrected chi connectivity index (χ3v) is 5.93. The van der Waals surface area contributed by atoms with E-state index in [0.29, 0.717) is 6.79 Å². The third-order valence-electron chi connectivity index (χ3n) is 5.93. The first-order valence-corrected chi connectivity index (χ1v) is 10.6. The minimum atomic E-state index is -0.0703. The Morgan fingerprint density at radius 2 is 1.73 bits per heavy atom. The van der Waals surface area contributed by atoms with Gasteiger partial charge in [-0.25, -0.2) is 0 Å². The first-order valence-electron chi connectivity index (χ1n) is 10.6. The lowest BCUT2D eigenvalue weighted by atomic mass is 9.74. The van der Waals surface area contributed by atoms with Gasteiger partial charge in [0.1, 0.15) is 11.5 Å². The van der Waals surface area contributed by atoms with Crippen molar-refractivity contribution in [2.45, 2.75) is 38.0 Å². The van der Waals surface area contributed by atoms with E-state index in [4.69, 9.17) is 14.2 Å². The number of aryl methyl sites for hydroxylation is 1. The van der Waals surface area contributed by atoms with Gasteiger partial charge in [-0.1, -0.05) is 49.4 Å². The zero-order chi connectivity index (χ0) is 20.8. The zero-order valence-electron chi connectivity index (χ0n) is 17.5. The van der Waals surface area contributed by atoms with Gasteiger partial charge in [0.15, 0.2) is 11.5 Å². The van der Waals surface area contributed by atoms with Crippen molar-refractivity contribution in [3.63, 3.8) is 0 Å². The van der Waals surface area contributed by atoms with E-state index >= 15 is 0 Å². The molecule has 1 heterocycles. The standard InChI is InChI=1S/C27H28O3/c1-3-27(4-2,22-15-16-25-26(19-22)29-20-28-25)17-9-11-21-10-8-14-24(18-21)30-23-12-6-5-7-13-23/h3,5-8,10,12-16,18-19H,1,4,9,11,17,20H2,2H3. The Morgan fingerprint density at radius 3 is 2.53 bits per heavy atom. The maximum Gasteiger partial charge on any atom is 0.231 e. The van der Waals surface area contributed by atoms with Crippen LogP contribution in [0.25, 0.3) is 0 Å². The summed E-state index contributed by atoms with van der Waals surface area (Å²) in [4.78, 5) is 0. The minimum Gasteiger partial charge on any atom is -0.457 e. The normalized spacial score (nSPS) is 14.2. The van der Waals surface area contributed by atoms with Gasteiger partial charge in [-0.3, -0.25) is 0 Å². The van der Waals surface area contributed by atoms with Crippen molar-refractivity contribution in [2.24, 2.45) is 0 Å². The summed E-state index contributed by atoms with van der Waals surface area (Å²) in [5.74, 6) is 3.38. The summed E-state index contributed by atoms with van der Waals surface area (Å²) in [6.45, 7) is 6.69. The number of ether oxygens (including phenoxy) is 3. The molecule has 0 fully saturated rings. The number of hydrogen-bond acceptors (Lipinski definition) is 3. The number of benzene rings is 3. The second-order valence-corrected chi connectivity index (χ2v) is 7.70. The van der Waals surface area contributed by atoms with E-state index in [9.17, 15) is 0 Å². The molecule has 3 aromatic rings. The topological polar surface area (TPSA) is 27.7 Å². The van der Waals surface area contributed by atoms with Crippen LogP contribution in [0.3, 0.4) is 0 Å². The lowest BCUT2D eigenvalue weighted by Crippen LogP contribution is -2.22. The van der Waals surface area contributed by atoms with Gasteiger partial charge in [0, 0.05) is 5.41 Å². The number of hydrogen-bond donors (Lipinski definition) is 0. The van der Waals surface area contributed by atoms with Crippen LogP contribution in [0.1, 0.15) is 37.3 Å². The largest absolute Gasteiger partial charge is 0.457 e. The number of rotatable bonds is 9. The molecule has 0 aromatic heterocycles. The fourth-order valence-corrected chi connectivity index (χ4v) is 4.09. The van der Waals surface area contributed by atoms with E-state index in [-0.39, 0.29) is 5.41 Å². The van der Waals surface area contributed by atoms with E-state index in [1.54, 1.807) is 0 Å². The van der Waals surface area contributed by atoms with Crippen molar-refractivity contribution in [3.05, 3.63) is 96.6 Å². The summed E-state index contributed by atoms with van der Waals surface area (Å²) in [7, 11) is 0. The van der Waals surface area contributed by atoms with Crippen molar-refractivity contribution in [1.29, 1.82) is 0 Å². The molecule has 0 aliphatic carbocycles. The fraction of sp³-hybridized carbons (Fsp3) is 0.259. The quantitative estimate of drug-likeness (QED) is 0.360. The maximum absolute atomic E-state index is 5.98. The first-order chi connectivity index (χ1) is 14.7. The van der Waals surface area contributed by atoms with E-state index in [1.165, 1.54) is 11.1 Å². The summed E-state index contributed by atoms with van der Waals surface area (Å²) >= 11 is 0. The van der Waals surface area contributed by atoms with Gasteiger partial charge < -0.3 is 14.2 Å². The summed E-state index contributed by atoms with van der Waals surface area (Å²) in [5, 5.41) is 0. The van der Waals surface area contributed by atoms with Gasteiger partial charge in [0.05, 0.1) is 0 Å². The van der Waals surface area contributed by atoms with Gasteiger partial charge in [0.25, 0.3) is 0 Å². The number of fused-ring (bicyclic) bond motifs is 1. The molecular weight excluding hydrogens is 372 g/mol. The average molecular weight is 401 g/mol. The Labute approximate surface area is 178 Å². The predicted octanol–water partition coefficient (Wildman–Crippen LogP) is 7.06. The van der Waals surface area contributed by atoms with Crippen molar-refractivity contribution < 1.29 is 14.2 Å². The molecule has 3 nitrogen and oxygen atoms in total. The molecule has 0 spiro atoms. The van der Waals surface area contributed by atoms with E-state index in [1.807, 2.05) is 42.5 Å². The van der Waals surface area contributed by atoms with Crippen LogP contribution >= 0.6 is 0 Å². The van der Waals surface area contributed by atoms with Crippen LogP contribution in [0.5, 0.6) is 23.0 Å². The summed E-state index contributed by atoms with van der Waals surface area (Å²) in [6.07, 6.45) is 6.17. The van der Waals surface area contributed by atoms with Crippen LogP contribution < -0.4 is 14.2 Å². The second kappa shape index (κ2) is 9.08. The Bertz CT molecular complexity index is 996. The molecule has 0 bridgehead atoms. The zero-order valence-corrected chi connectivity index (χ0v) is 17.5. The van der Waals surface area contributed by atoms with E-state index < -0.39 is 0 Å². The minimum absolute atomic E-state index is 0.0703. The van der Waals surface area contributed by atoms with E-state index in [0.717, 1.165) is 48.7 Å². The van der Waals surface area contributed by atoms with Crippen LogP contribution in [-0.4, -0.2) is 6.79 Å². The molecule has 1 aliphatic heterocycles. The Morgan fingerprint density at radius 1 is 0.933 bits per heavy atom. The maximum atomic E-state index is 5.98. The Balaban J connectivity index is 1.43. The molecule has 0 radical (unpaired) electrons. The molecule has 154 valence electrons. The fourth-order valence-electron chi connectivity index (χ4n) is 4.09.